The summed E-state index contributed by atoms with van der Waals surface area (Å²) < 4.78 is 37.1. The zero-order chi connectivity index (χ0) is 11.2. The summed E-state index contributed by atoms with van der Waals surface area (Å²) in [5.74, 6) is 0. The lowest BCUT2D eigenvalue weighted by Crippen LogP contribution is -2.09. The number of allylic oxidation sites excluding steroid dienone is 6. The van der Waals surface area contributed by atoms with Crippen LogP contribution in [0.15, 0.2) is 35.5 Å². The van der Waals surface area contributed by atoms with E-state index in [1.54, 1.807) is 19.9 Å². The zero-order valence-electron chi connectivity index (χ0n) is 8.65. The average Bonchev–Trinajstić information content (AvgIpc) is 2.00. The van der Waals surface area contributed by atoms with E-state index in [2.05, 4.69) is 0 Å². The molecule has 0 aromatic heterocycles. The number of rotatable bonds is 3. The summed E-state index contributed by atoms with van der Waals surface area (Å²) >= 11 is 0. The minimum Gasteiger partial charge on any atom is -0.166 e. The van der Waals surface area contributed by atoms with Crippen molar-refractivity contribution in [3.63, 3.8) is 0 Å². The van der Waals surface area contributed by atoms with E-state index in [0.717, 1.165) is 18.6 Å². The number of hydrogen-bond donors (Lipinski definition) is 0. The van der Waals surface area contributed by atoms with Crippen LogP contribution in [0.2, 0.25) is 0 Å². The van der Waals surface area contributed by atoms with Gasteiger partial charge >= 0.3 is 6.18 Å². The Morgan fingerprint density at radius 2 is 1.79 bits per heavy atom. The highest BCUT2D eigenvalue weighted by Gasteiger charge is 2.31. The van der Waals surface area contributed by atoms with Gasteiger partial charge in [0.25, 0.3) is 0 Å². The van der Waals surface area contributed by atoms with Crippen LogP contribution in [0.1, 0.15) is 27.2 Å². The van der Waals surface area contributed by atoms with Gasteiger partial charge in [-0.15, -0.1) is 0 Å². The SMILES string of the molecule is CC/C=C/C=C(\C=C(C)C)C(F)(F)F. The van der Waals surface area contributed by atoms with Crippen LogP contribution in [-0.2, 0) is 0 Å². The molecule has 0 rings (SSSR count). The number of alkyl halides is 3. The van der Waals surface area contributed by atoms with E-state index in [-0.39, 0.29) is 0 Å². The summed E-state index contributed by atoms with van der Waals surface area (Å²) in [6, 6.07) is 0. The van der Waals surface area contributed by atoms with E-state index >= 15 is 0 Å². The van der Waals surface area contributed by atoms with Gasteiger partial charge in [-0.3, -0.25) is 0 Å². The molecule has 0 aromatic carbocycles. The summed E-state index contributed by atoms with van der Waals surface area (Å²) in [6.45, 7) is 5.16. The minimum absolute atomic E-state index is 0.609. The third-order valence-corrected chi connectivity index (χ3v) is 1.42. The van der Waals surface area contributed by atoms with Gasteiger partial charge in [0.2, 0.25) is 0 Å². The van der Waals surface area contributed by atoms with Crippen molar-refractivity contribution in [2.24, 2.45) is 0 Å². The standard InChI is InChI=1S/C11H15F3/c1-4-5-6-7-10(8-9(2)3)11(12,13)14/h5-8H,4H2,1-3H3/b6-5+,10-7+. The second-order valence-corrected chi connectivity index (χ2v) is 3.18. The Hall–Kier alpha value is -0.990. The van der Waals surface area contributed by atoms with Gasteiger partial charge in [-0.25, -0.2) is 0 Å². The van der Waals surface area contributed by atoms with Crippen LogP contribution in [0.25, 0.3) is 0 Å². The Bertz CT molecular complexity index is 250. The molecular formula is C11H15F3. The molecule has 0 bridgehead atoms. The Labute approximate surface area is 82.8 Å². The highest BCUT2D eigenvalue weighted by molar-refractivity contribution is 5.30. The van der Waals surface area contributed by atoms with Crippen molar-refractivity contribution in [3.8, 4) is 0 Å². The van der Waals surface area contributed by atoms with Gasteiger partial charge in [-0.1, -0.05) is 36.8 Å². The van der Waals surface area contributed by atoms with Crippen molar-refractivity contribution in [3.05, 3.63) is 35.5 Å². The Morgan fingerprint density at radius 1 is 1.21 bits per heavy atom. The first kappa shape index (κ1) is 13.0. The molecule has 0 saturated carbocycles. The van der Waals surface area contributed by atoms with Crippen molar-refractivity contribution in [1.82, 2.24) is 0 Å². The summed E-state index contributed by atoms with van der Waals surface area (Å²) in [4.78, 5) is 0. The number of halogens is 3. The van der Waals surface area contributed by atoms with Crippen molar-refractivity contribution < 1.29 is 13.2 Å². The normalized spacial score (nSPS) is 13.4. The molecule has 3 heteroatoms. The van der Waals surface area contributed by atoms with Gasteiger partial charge in [0.15, 0.2) is 0 Å². The first-order chi connectivity index (χ1) is 6.38. The predicted octanol–water partition coefficient (Wildman–Crippen LogP) is 4.41. The van der Waals surface area contributed by atoms with Crippen LogP contribution in [0.4, 0.5) is 13.2 Å². The molecule has 0 aromatic rings. The van der Waals surface area contributed by atoms with Gasteiger partial charge in [0.1, 0.15) is 0 Å². The van der Waals surface area contributed by atoms with E-state index in [1.165, 1.54) is 6.08 Å². The molecule has 0 unspecified atom stereocenters. The van der Waals surface area contributed by atoms with Crippen molar-refractivity contribution in [1.29, 1.82) is 0 Å². The van der Waals surface area contributed by atoms with Crippen LogP contribution < -0.4 is 0 Å². The van der Waals surface area contributed by atoms with Crippen molar-refractivity contribution in [2.75, 3.05) is 0 Å². The second-order valence-electron chi connectivity index (χ2n) is 3.18. The summed E-state index contributed by atoms with van der Waals surface area (Å²) in [7, 11) is 0. The molecule has 0 aliphatic carbocycles. The first-order valence-electron chi connectivity index (χ1n) is 4.46. The molecule has 0 nitrogen and oxygen atoms in total. The van der Waals surface area contributed by atoms with E-state index in [0.29, 0.717) is 5.57 Å². The highest BCUT2D eigenvalue weighted by atomic mass is 19.4. The van der Waals surface area contributed by atoms with Crippen LogP contribution >= 0.6 is 0 Å². The van der Waals surface area contributed by atoms with E-state index < -0.39 is 11.7 Å². The van der Waals surface area contributed by atoms with Crippen LogP contribution in [-0.4, -0.2) is 6.18 Å². The molecule has 0 aliphatic heterocycles. The van der Waals surface area contributed by atoms with Gasteiger partial charge in [0, 0.05) is 0 Å². The maximum Gasteiger partial charge on any atom is 0.416 e. The Balaban J connectivity index is 4.83. The van der Waals surface area contributed by atoms with Crippen molar-refractivity contribution >= 4 is 0 Å². The fourth-order valence-corrected chi connectivity index (χ4v) is 0.843. The van der Waals surface area contributed by atoms with Crippen LogP contribution in [0.3, 0.4) is 0 Å². The monoisotopic (exact) mass is 204 g/mol. The summed E-state index contributed by atoms with van der Waals surface area (Å²) in [5.41, 5.74) is 0.0284. The molecule has 80 valence electrons. The molecule has 0 fully saturated rings. The topological polar surface area (TPSA) is 0 Å². The molecule has 0 spiro atoms. The average molecular weight is 204 g/mol. The maximum absolute atomic E-state index is 12.4. The molecule has 0 aliphatic rings. The van der Waals surface area contributed by atoms with Crippen LogP contribution in [0.5, 0.6) is 0 Å². The Kier molecular flexibility index (Phi) is 5.28. The quantitative estimate of drug-likeness (QED) is 0.597. The highest BCUT2D eigenvalue weighted by Crippen LogP contribution is 2.27. The van der Waals surface area contributed by atoms with Gasteiger partial charge < -0.3 is 0 Å². The van der Waals surface area contributed by atoms with Crippen molar-refractivity contribution in [2.45, 2.75) is 33.4 Å². The molecule has 0 amide bonds. The second kappa shape index (κ2) is 5.68. The molecular weight excluding hydrogens is 189 g/mol. The molecule has 0 atom stereocenters. The molecule has 0 saturated heterocycles. The third-order valence-electron chi connectivity index (χ3n) is 1.42. The Morgan fingerprint density at radius 3 is 2.14 bits per heavy atom. The van der Waals surface area contributed by atoms with E-state index in [9.17, 15) is 13.2 Å². The lowest BCUT2D eigenvalue weighted by atomic mass is 10.1. The first-order valence-corrected chi connectivity index (χ1v) is 4.46. The van der Waals surface area contributed by atoms with Gasteiger partial charge in [-0.05, 0) is 20.3 Å². The molecule has 0 heterocycles. The zero-order valence-corrected chi connectivity index (χ0v) is 8.65. The fraction of sp³-hybridized carbons (Fsp3) is 0.455. The van der Waals surface area contributed by atoms with Gasteiger partial charge in [0.05, 0.1) is 5.57 Å². The molecule has 14 heavy (non-hydrogen) atoms. The summed E-state index contributed by atoms with van der Waals surface area (Å²) in [5, 5.41) is 0. The molecule has 0 N–H and O–H groups in total. The van der Waals surface area contributed by atoms with Gasteiger partial charge in [-0.2, -0.15) is 13.2 Å². The number of hydrogen-bond acceptors (Lipinski definition) is 0. The molecule has 0 radical (unpaired) electrons. The third kappa shape index (κ3) is 5.62. The van der Waals surface area contributed by atoms with E-state index in [1.807, 2.05) is 6.92 Å². The maximum atomic E-state index is 12.4. The minimum atomic E-state index is -4.27. The van der Waals surface area contributed by atoms with E-state index in [4.69, 9.17) is 0 Å². The predicted molar refractivity (Wildman–Crippen MR) is 53.0 cm³/mol. The largest absolute Gasteiger partial charge is 0.416 e. The lowest BCUT2D eigenvalue weighted by Gasteiger charge is -2.07. The fourth-order valence-electron chi connectivity index (χ4n) is 0.843. The summed E-state index contributed by atoms with van der Waals surface area (Å²) in [6.07, 6.45) is 1.81. The lowest BCUT2D eigenvalue weighted by molar-refractivity contribution is -0.0882. The smallest absolute Gasteiger partial charge is 0.166 e. The van der Waals surface area contributed by atoms with Crippen LogP contribution in [0, 0.1) is 0 Å².